The Morgan fingerprint density at radius 1 is 0.304 bits per heavy atom. The molecule has 0 amide bonds. The molecule has 1 nitrogen and oxygen atoms in total. The fraction of sp³-hybridized carbons (Fsp3) is 0. The maximum Gasteiger partial charge on any atom is 0.0640 e. The van der Waals surface area contributed by atoms with Gasteiger partial charge in [-0.15, -0.1) is 11.3 Å². The third kappa shape index (κ3) is 4.67. The standard InChI is InChI=1S/C54H33NS/c1-2-11-34(12-3-1)35-23-28-38(29-24-35)55(50-21-10-20-48-42-14-6-7-22-51(42)56-54(48)50)39-30-25-36(26-31-39)37-27-32-41-45-17-9-18-46-47-19-8-16-44(53(47)49(41)33-37)40-13-4-5-15-43(40)52(45)46/h1-33H. The Bertz CT molecular complexity index is 3150. The van der Waals surface area contributed by atoms with Gasteiger partial charge in [-0.3, -0.25) is 0 Å². The average Bonchev–Trinajstić information content (AvgIpc) is 3.61. The molecule has 0 unspecified atom stereocenters. The van der Waals surface area contributed by atoms with Crippen LogP contribution in [0.1, 0.15) is 0 Å². The van der Waals surface area contributed by atoms with Gasteiger partial charge in [-0.25, -0.2) is 0 Å². The predicted molar refractivity (Wildman–Crippen MR) is 239 cm³/mol. The molecule has 0 saturated heterocycles. The monoisotopic (exact) mass is 727 g/mol. The normalized spacial score (nSPS) is 11.9. The lowest BCUT2D eigenvalue weighted by molar-refractivity contribution is 1.30. The van der Waals surface area contributed by atoms with Gasteiger partial charge in [0.15, 0.2) is 0 Å². The molecule has 1 heterocycles. The highest BCUT2D eigenvalue weighted by Gasteiger charge is 2.30. The van der Waals surface area contributed by atoms with Gasteiger partial charge in [-0.05, 0) is 120 Å². The first kappa shape index (κ1) is 31.4. The Balaban J connectivity index is 0.998. The van der Waals surface area contributed by atoms with E-state index in [1.807, 2.05) is 11.3 Å². The number of fused-ring (bicyclic) bond motifs is 7. The maximum atomic E-state index is 2.43. The largest absolute Gasteiger partial charge is 0.309 e. The Morgan fingerprint density at radius 2 is 0.786 bits per heavy atom. The third-order valence-electron chi connectivity index (χ3n) is 11.8. The van der Waals surface area contributed by atoms with Gasteiger partial charge in [0.1, 0.15) is 0 Å². The van der Waals surface area contributed by atoms with Crippen molar-refractivity contribution in [2.75, 3.05) is 4.90 Å². The van der Waals surface area contributed by atoms with Crippen LogP contribution in [0.2, 0.25) is 0 Å². The van der Waals surface area contributed by atoms with Crippen LogP contribution < -0.4 is 4.90 Å². The van der Waals surface area contributed by atoms with E-state index in [1.165, 1.54) is 104 Å². The van der Waals surface area contributed by atoms with E-state index in [0.717, 1.165) is 11.4 Å². The molecule has 2 aliphatic rings. The second-order valence-corrected chi connectivity index (χ2v) is 15.9. The summed E-state index contributed by atoms with van der Waals surface area (Å²) in [4.78, 5) is 2.42. The zero-order valence-electron chi connectivity index (χ0n) is 30.4. The minimum Gasteiger partial charge on any atom is -0.309 e. The number of anilines is 3. The molecule has 2 aliphatic carbocycles. The first-order valence-corrected chi connectivity index (χ1v) is 20.1. The predicted octanol–water partition coefficient (Wildman–Crippen LogP) is 15.8. The quantitative estimate of drug-likeness (QED) is 0.171. The Kier molecular flexibility index (Phi) is 6.87. The minimum atomic E-state index is 1.13. The summed E-state index contributed by atoms with van der Waals surface area (Å²) in [5.74, 6) is 0. The molecule has 0 fully saturated rings. The number of thiophene rings is 1. The first-order chi connectivity index (χ1) is 27.8. The van der Waals surface area contributed by atoms with Crippen molar-refractivity contribution in [3.63, 3.8) is 0 Å². The van der Waals surface area contributed by atoms with Crippen LogP contribution in [0.15, 0.2) is 200 Å². The molecule has 0 atom stereocenters. The van der Waals surface area contributed by atoms with E-state index in [9.17, 15) is 0 Å². The molecule has 0 N–H and O–H groups in total. The second-order valence-electron chi connectivity index (χ2n) is 14.8. The van der Waals surface area contributed by atoms with Gasteiger partial charge in [-0.1, -0.05) is 158 Å². The lowest BCUT2D eigenvalue weighted by Gasteiger charge is -2.26. The molecule has 10 aromatic rings. The van der Waals surface area contributed by atoms with E-state index < -0.39 is 0 Å². The van der Waals surface area contributed by atoms with Crippen molar-refractivity contribution in [3.05, 3.63) is 200 Å². The third-order valence-corrected chi connectivity index (χ3v) is 13.0. The van der Waals surface area contributed by atoms with Crippen molar-refractivity contribution < 1.29 is 0 Å². The van der Waals surface area contributed by atoms with Crippen molar-refractivity contribution >= 4 is 48.6 Å². The number of benzene rings is 9. The Hall–Kier alpha value is -7.00. The SMILES string of the molecule is c1ccc(-c2ccc(N(c3ccc(-c4ccc5c(c4)-c4c6cccc4-c4cccc-5c4-c4ccccc4-6)cc3)c3cccc4c3sc3ccccc34)cc2)cc1. The van der Waals surface area contributed by atoms with E-state index in [1.54, 1.807) is 0 Å². The van der Waals surface area contributed by atoms with Crippen molar-refractivity contribution in [2.45, 2.75) is 0 Å². The average molecular weight is 728 g/mol. The van der Waals surface area contributed by atoms with Crippen LogP contribution in [0.4, 0.5) is 17.1 Å². The Morgan fingerprint density at radius 3 is 1.50 bits per heavy atom. The van der Waals surface area contributed by atoms with E-state index >= 15 is 0 Å². The molecule has 2 heteroatoms. The van der Waals surface area contributed by atoms with E-state index in [0.29, 0.717) is 0 Å². The highest BCUT2D eigenvalue weighted by Crippen LogP contribution is 2.57. The van der Waals surface area contributed by atoms with Gasteiger partial charge in [-0.2, -0.15) is 0 Å². The lowest BCUT2D eigenvalue weighted by Crippen LogP contribution is -2.10. The van der Waals surface area contributed by atoms with Crippen molar-refractivity contribution in [3.8, 4) is 77.9 Å². The van der Waals surface area contributed by atoms with Gasteiger partial charge in [0.05, 0.1) is 10.4 Å². The van der Waals surface area contributed by atoms with Crippen LogP contribution in [0.5, 0.6) is 0 Å². The second kappa shape index (κ2) is 12.3. The molecule has 6 bridgehead atoms. The number of hydrogen-bond donors (Lipinski definition) is 0. The summed E-state index contributed by atoms with van der Waals surface area (Å²) >= 11 is 1.87. The fourth-order valence-electron chi connectivity index (χ4n) is 9.26. The molecule has 12 rings (SSSR count). The molecular formula is C54H33NS. The van der Waals surface area contributed by atoms with Gasteiger partial charge in [0, 0.05) is 26.8 Å². The number of hydrogen-bond acceptors (Lipinski definition) is 2. The van der Waals surface area contributed by atoms with Crippen LogP contribution in [-0.4, -0.2) is 0 Å². The molecule has 0 saturated carbocycles. The van der Waals surface area contributed by atoms with E-state index in [-0.39, 0.29) is 0 Å². The highest BCUT2D eigenvalue weighted by molar-refractivity contribution is 7.26. The van der Waals surface area contributed by atoms with Crippen molar-refractivity contribution in [1.29, 1.82) is 0 Å². The first-order valence-electron chi connectivity index (χ1n) is 19.3. The lowest BCUT2D eigenvalue weighted by atomic mass is 9.83. The summed E-state index contributed by atoms with van der Waals surface area (Å²) in [5.41, 5.74) is 21.4. The molecule has 0 aliphatic heterocycles. The van der Waals surface area contributed by atoms with Gasteiger partial charge in [0.25, 0.3) is 0 Å². The van der Waals surface area contributed by atoms with Crippen LogP contribution >= 0.6 is 11.3 Å². The van der Waals surface area contributed by atoms with Gasteiger partial charge >= 0.3 is 0 Å². The molecule has 1 aromatic heterocycles. The summed E-state index contributed by atoms with van der Waals surface area (Å²) in [6.45, 7) is 0. The summed E-state index contributed by atoms with van der Waals surface area (Å²) < 4.78 is 2.59. The van der Waals surface area contributed by atoms with E-state index in [2.05, 4.69) is 205 Å². The zero-order chi connectivity index (χ0) is 36.7. The number of nitrogens with zero attached hydrogens (tertiary/aromatic N) is 1. The molecule has 0 spiro atoms. The summed E-state index contributed by atoms with van der Waals surface area (Å²) in [7, 11) is 0. The smallest absolute Gasteiger partial charge is 0.0640 e. The highest BCUT2D eigenvalue weighted by atomic mass is 32.1. The molecule has 56 heavy (non-hydrogen) atoms. The number of rotatable bonds is 5. The zero-order valence-corrected chi connectivity index (χ0v) is 31.2. The topological polar surface area (TPSA) is 3.24 Å². The van der Waals surface area contributed by atoms with Crippen molar-refractivity contribution in [1.82, 2.24) is 0 Å². The van der Waals surface area contributed by atoms with Crippen LogP contribution in [0.3, 0.4) is 0 Å². The summed E-state index contributed by atoms with van der Waals surface area (Å²) in [5, 5.41) is 2.60. The van der Waals surface area contributed by atoms with Crippen LogP contribution in [0.25, 0.3) is 98.1 Å². The molecule has 260 valence electrons. The van der Waals surface area contributed by atoms with Gasteiger partial charge < -0.3 is 4.90 Å². The van der Waals surface area contributed by atoms with Gasteiger partial charge in [0.2, 0.25) is 0 Å². The molecular weight excluding hydrogens is 695 g/mol. The summed E-state index contributed by atoms with van der Waals surface area (Å²) in [6, 6.07) is 74.0. The van der Waals surface area contributed by atoms with Crippen LogP contribution in [-0.2, 0) is 0 Å². The minimum absolute atomic E-state index is 1.13. The summed E-state index contributed by atoms with van der Waals surface area (Å²) in [6.07, 6.45) is 0. The van der Waals surface area contributed by atoms with E-state index in [4.69, 9.17) is 0 Å². The molecule has 9 aromatic carbocycles. The van der Waals surface area contributed by atoms with Crippen molar-refractivity contribution in [2.24, 2.45) is 0 Å². The van der Waals surface area contributed by atoms with Crippen LogP contribution in [0, 0.1) is 0 Å². The molecule has 0 radical (unpaired) electrons. The Labute approximate surface area is 330 Å². The fourth-order valence-corrected chi connectivity index (χ4v) is 10.5. The maximum absolute atomic E-state index is 2.43.